The molecule has 94 valence electrons. The fourth-order valence-corrected chi connectivity index (χ4v) is 1.55. The van der Waals surface area contributed by atoms with Crippen molar-refractivity contribution in [3.05, 3.63) is 22.4 Å². The van der Waals surface area contributed by atoms with Crippen molar-refractivity contribution < 1.29 is 9.72 Å². The van der Waals surface area contributed by atoms with E-state index in [9.17, 15) is 14.9 Å². The lowest BCUT2D eigenvalue weighted by atomic mass is 10.3. The first kappa shape index (κ1) is 13.1. The minimum Gasteiger partial charge on any atom is -0.358 e. The number of carbonyl (C=O) groups is 1. The van der Waals surface area contributed by atoms with Crippen LogP contribution in [0.5, 0.6) is 0 Å². The Kier molecular flexibility index (Phi) is 4.19. The molecule has 1 heterocycles. The molecule has 0 aliphatic heterocycles. The van der Waals surface area contributed by atoms with Crippen molar-refractivity contribution in [1.29, 1.82) is 0 Å². The van der Waals surface area contributed by atoms with Gasteiger partial charge in [-0.1, -0.05) is 0 Å². The molecule has 0 aliphatic rings. The lowest BCUT2D eigenvalue weighted by molar-refractivity contribution is -0.389. The zero-order chi connectivity index (χ0) is 13.0. The van der Waals surface area contributed by atoms with Gasteiger partial charge in [-0.25, -0.2) is 0 Å². The van der Waals surface area contributed by atoms with Gasteiger partial charge in [0.05, 0.1) is 17.4 Å². The predicted octanol–water partition coefficient (Wildman–Crippen LogP) is 1.22. The Balaban J connectivity index is 2.84. The molecule has 17 heavy (non-hydrogen) atoms. The molecule has 0 fully saturated rings. The van der Waals surface area contributed by atoms with Gasteiger partial charge in [0, 0.05) is 13.1 Å². The Morgan fingerprint density at radius 1 is 1.59 bits per heavy atom. The summed E-state index contributed by atoms with van der Waals surface area (Å²) < 4.78 is 1.32. The van der Waals surface area contributed by atoms with E-state index in [1.165, 1.54) is 16.9 Å². The molecule has 7 nitrogen and oxygen atoms in total. The Morgan fingerprint density at radius 2 is 2.18 bits per heavy atom. The van der Waals surface area contributed by atoms with E-state index >= 15 is 0 Å². The van der Waals surface area contributed by atoms with Crippen LogP contribution in [0.25, 0.3) is 0 Å². The molecule has 0 aromatic carbocycles. The molecular weight excluding hydrogens is 224 g/mol. The van der Waals surface area contributed by atoms with Gasteiger partial charge in [0.2, 0.25) is 5.91 Å². The topological polar surface area (TPSA) is 81.3 Å². The summed E-state index contributed by atoms with van der Waals surface area (Å²) in [6.07, 6.45) is 1.45. The zero-order valence-electron chi connectivity index (χ0n) is 10.2. The summed E-state index contributed by atoms with van der Waals surface area (Å²) in [5.74, 6) is -0.336. The summed E-state index contributed by atoms with van der Waals surface area (Å²) in [5.41, 5.74) is 0. The summed E-state index contributed by atoms with van der Waals surface area (Å²) in [6, 6.07) is 0.759. The highest BCUT2D eigenvalue weighted by Gasteiger charge is 2.24. The minimum atomic E-state index is -0.578. The van der Waals surface area contributed by atoms with E-state index in [1.807, 2.05) is 13.8 Å². The summed E-state index contributed by atoms with van der Waals surface area (Å²) in [5, 5.41) is 14.2. The monoisotopic (exact) mass is 240 g/mol. The van der Waals surface area contributed by atoms with E-state index in [1.54, 1.807) is 11.8 Å². The lowest BCUT2D eigenvalue weighted by Gasteiger charge is -2.21. The highest BCUT2D eigenvalue weighted by atomic mass is 16.6. The molecule has 1 unspecified atom stereocenters. The molecule has 0 spiro atoms. The standard InChI is InChI=1S/C10H16N4O3/c1-4-12(5-2)10(15)8(3)13-7-6-9(11-13)14(16)17/h6-8H,4-5H2,1-3H3. The normalized spacial score (nSPS) is 12.2. The van der Waals surface area contributed by atoms with Crippen LogP contribution in [0.4, 0.5) is 5.82 Å². The van der Waals surface area contributed by atoms with E-state index in [4.69, 9.17) is 0 Å². The van der Waals surface area contributed by atoms with Crippen molar-refractivity contribution in [2.45, 2.75) is 26.8 Å². The van der Waals surface area contributed by atoms with Crippen LogP contribution in [-0.2, 0) is 4.79 Å². The predicted molar refractivity (Wildman–Crippen MR) is 61.5 cm³/mol. The average molecular weight is 240 g/mol. The molecule has 0 saturated heterocycles. The molecular formula is C10H16N4O3. The maximum Gasteiger partial charge on any atom is 0.389 e. The smallest absolute Gasteiger partial charge is 0.358 e. The summed E-state index contributed by atoms with van der Waals surface area (Å²) >= 11 is 0. The van der Waals surface area contributed by atoms with Gasteiger partial charge in [0.1, 0.15) is 6.04 Å². The Hall–Kier alpha value is -1.92. The highest BCUT2D eigenvalue weighted by molar-refractivity contribution is 5.79. The number of carbonyl (C=O) groups excluding carboxylic acids is 1. The van der Waals surface area contributed by atoms with Crippen LogP contribution >= 0.6 is 0 Å². The molecule has 0 aliphatic carbocycles. The van der Waals surface area contributed by atoms with Gasteiger partial charge in [0.15, 0.2) is 0 Å². The fourth-order valence-electron chi connectivity index (χ4n) is 1.55. The molecule has 1 atom stereocenters. The van der Waals surface area contributed by atoms with Crippen molar-refractivity contribution in [2.24, 2.45) is 0 Å². The second kappa shape index (κ2) is 5.42. The fraction of sp³-hybridized carbons (Fsp3) is 0.600. The van der Waals surface area contributed by atoms with E-state index in [0.717, 1.165) is 0 Å². The largest absolute Gasteiger partial charge is 0.389 e. The molecule has 1 aromatic rings. The van der Waals surface area contributed by atoms with Gasteiger partial charge < -0.3 is 15.0 Å². The van der Waals surface area contributed by atoms with Crippen LogP contribution in [0, 0.1) is 10.1 Å². The maximum absolute atomic E-state index is 12.0. The summed E-state index contributed by atoms with van der Waals surface area (Å²) in [4.78, 5) is 23.6. The summed E-state index contributed by atoms with van der Waals surface area (Å²) in [7, 11) is 0. The third kappa shape index (κ3) is 2.80. The molecule has 0 radical (unpaired) electrons. The lowest BCUT2D eigenvalue weighted by Crippen LogP contribution is -2.36. The number of hydrogen-bond donors (Lipinski definition) is 0. The van der Waals surface area contributed by atoms with E-state index < -0.39 is 11.0 Å². The number of rotatable bonds is 5. The van der Waals surface area contributed by atoms with Crippen LogP contribution in [-0.4, -0.2) is 38.6 Å². The SMILES string of the molecule is CCN(CC)C(=O)C(C)n1ccc([N+](=O)[O-])n1. The average Bonchev–Trinajstić information content (AvgIpc) is 2.78. The molecule has 0 bridgehead atoms. The maximum atomic E-state index is 12.0. The molecule has 0 N–H and O–H groups in total. The van der Waals surface area contributed by atoms with Gasteiger partial charge >= 0.3 is 5.82 Å². The first-order chi connectivity index (χ1) is 8.01. The molecule has 0 saturated carbocycles. The number of hydrogen-bond acceptors (Lipinski definition) is 4. The van der Waals surface area contributed by atoms with Gasteiger partial charge in [0.25, 0.3) is 0 Å². The van der Waals surface area contributed by atoms with Crippen LogP contribution in [0.2, 0.25) is 0 Å². The van der Waals surface area contributed by atoms with E-state index in [0.29, 0.717) is 13.1 Å². The van der Waals surface area contributed by atoms with Crippen molar-refractivity contribution in [2.75, 3.05) is 13.1 Å². The second-order valence-corrected chi connectivity index (χ2v) is 3.60. The van der Waals surface area contributed by atoms with Crippen molar-refractivity contribution in [3.8, 4) is 0 Å². The number of likely N-dealkylation sites (N-methyl/N-ethyl adjacent to an activating group) is 1. The number of nitro groups is 1. The molecule has 1 rings (SSSR count). The summed E-state index contributed by atoms with van der Waals surface area (Å²) in [6.45, 7) is 6.68. The van der Waals surface area contributed by atoms with Gasteiger partial charge in [-0.15, -0.1) is 0 Å². The van der Waals surface area contributed by atoms with Crippen LogP contribution in [0.15, 0.2) is 12.3 Å². The quantitative estimate of drug-likeness (QED) is 0.572. The van der Waals surface area contributed by atoms with Crippen molar-refractivity contribution in [3.63, 3.8) is 0 Å². The van der Waals surface area contributed by atoms with Crippen LogP contribution < -0.4 is 0 Å². The third-order valence-corrected chi connectivity index (χ3v) is 2.61. The molecule has 1 aromatic heterocycles. The number of amides is 1. The minimum absolute atomic E-state index is 0.0898. The van der Waals surface area contributed by atoms with Crippen molar-refractivity contribution in [1.82, 2.24) is 14.7 Å². The van der Waals surface area contributed by atoms with Gasteiger partial charge in [-0.3, -0.25) is 4.79 Å². The first-order valence-corrected chi connectivity index (χ1v) is 5.49. The van der Waals surface area contributed by atoms with Crippen LogP contribution in [0.3, 0.4) is 0 Å². The Labute approximate surface area is 99.2 Å². The van der Waals surface area contributed by atoms with Crippen LogP contribution in [0.1, 0.15) is 26.8 Å². The number of aromatic nitrogens is 2. The second-order valence-electron chi connectivity index (χ2n) is 3.60. The third-order valence-electron chi connectivity index (χ3n) is 2.61. The van der Waals surface area contributed by atoms with Gasteiger partial charge in [-0.2, -0.15) is 4.68 Å². The van der Waals surface area contributed by atoms with Crippen molar-refractivity contribution >= 4 is 11.7 Å². The van der Waals surface area contributed by atoms with E-state index in [-0.39, 0.29) is 11.7 Å². The van der Waals surface area contributed by atoms with E-state index in [2.05, 4.69) is 5.10 Å². The first-order valence-electron chi connectivity index (χ1n) is 5.49. The Morgan fingerprint density at radius 3 is 2.59 bits per heavy atom. The molecule has 7 heteroatoms. The highest BCUT2D eigenvalue weighted by Crippen LogP contribution is 2.13. The zero-order valence-corrected chi connectivity index (χ0v) is 10.2. The number of nitrogens with zero attached hydrogens (tertiary/aromatic N) is 4. The molecule has 1 amide bonds. The van der Waals surface area contributed by atoms with Gasteiger partial charge in [-0.05, 0) is 25.7 Å². The Bertz CT molecular complexity index is 411.